The van der Waals surface area contributed by atoms with Crippen molar-refractivity contribution in [2.45, 2.75) is 199 Å². The van der Waals surface area contributed by atoms with E-state index in [-0.39, 0.29) is 32.5 Å². The van der Waals surface area contributed by atoms with E-state index in [0.29, 0.717) is 17.4 Å². The molecule has 374 valence electrons. The number of unbranched alkanes of at least 4 members (excludes halogenated alkanes) is 17. The second kappa shape index (κ2) is 45.0. The fourth-order valence-electron chi connectivity index (χ4n) is 6.53. The van der Waals surface area contributed by atoms with Gasteiger partial charge in [-0.1, -0.05) is 189 Å². The lowest BCUT2D eigenvalue weighted by molar-refractivity contribution is -0.870. The van der Waals surface area contributed by atoms with Gasteiger partial charge in [0.15, 0.2) is 6.10 Å². The lowest BCUT2D eigenvalue weighted by Gasteiger charge is -2.24. The Bertz CT molecular complexity index is 1390. The predicted octanol–water partition coefficient (Wildman–Crippen LogP) is 14.1. The number of ether oxygens (including phenoxy) is 2. The van der Waals surface area contributed by atoms with Crippen LogP contribution < -0.4 is 0 Å². The highest BCUT2D eigenvalue weighted by molar-refractivity contribution is 7.47. The van der Waals surface area contributed by atoms with Gasteiger partial charge >= 0.3 is 19.8 Å². The van der Waals surface area contributed by atoms with Crippen molar-refractivity contribution in [3.05, 3.63) is 85.1 Å². The Kier molecular flexibility index (Phi) is 43.0. The van der Waals surface area contributed by atoms with E-state index in [4.69, 9.17) is 18.5 Å². The molecule has 0 fully saturated rings. The Morgan fingerprint density at radius 1 is 0.569 bits per heavy atom. The third-order valence-corrected chi connectivity index (χ3v) is 11.5. The van der Waals surface area contributed by atoms with Crippen LogP contribution in [-0.2, 0) is 32.7 Å². The molecule has 0 bridgehead atoms. The van der Waals surface area contributed by atoms with E-state index in [1.54, 1.807) is 12.2 Å². The molecule has 11 heteroatoms. The first-order chi connectivity index (χ1) is 31.4. The Hall–Kier alpha value is -2.85. The number of rotatable bonds is 45. The smallest absolute Gasteiger partial charge is 0.462 e. The molecule has 0 aromatic heterocycles. The number of hydrogen-bond donors (Lipinski definition) is 2. The number of hydrogen-bond acceptors (Lipinski definition) is 8. The van der Waals surface area contributed by atoms with Crippen LogP contribution in [0.15, 0.2) is 85.1 Å². The molecule has 0 radical (unpaired) electrons. The third kappa shape index (κ3) is 48.9. The fraction of sp³-hybridized carbons (Fsp3) is 0.704. The van der Waals surface area contributed by atoms with E-state index in [1.165, 1.54) is 96.3 Å². The largest absolute Gasteiger partial charge is 0.472 e. The maximum absolute atomic E-state index is 12.8. The molecule has 2 N–H and O–H groups in total. The molecule has 0 aromatic carbocycles. The molecule has 3 atom stereocenters. The van der Waals surface area contributed by atoms with Gasteiger partial charge in [0.05, 0.1) is 33.9 Å². The highest BCUT2D eigenvalue weighted by Gasteiger charge is 2.27. The number of phosphoric acid groups is 1. The van der Waals surface area contributed by atoms with Crippen molar-refractivity contribution in [2.75, 3.05) is 47.5 Å². The van der Waals surface area contributed by atoms with Gasteiger partial charge in [0.25, 0.3) is 0 Å². The third-order valence-electron chi connectivity index (χ3n) is 10.5. The maximum atomic E-state index is 12.8. The average molecular weight is 933 g/mol. The lowest BCUT2D eigenvalue weighted by Crippen LogP contribution is -2.37. The monoisotopic (exact) mass is 933 g/mol. The van der Waals surface area contributed by atoms with Crippen molar-refractivity contribution in [2.24, 2.45) is 0 Å². The molecule has 0 amide bonds. The molecular weight excluding hydrogens is 838 g/mol. The highest BCUT2D eigenvalue weighted by Crippen LogP contribution is 2.43. The molecule has 65 heavy (non-hydrogen) atoms. The second-order valence-electron chi connectivity index (χ2n) is 18.0. The molecule has 0 spiro atoms. The van der Waals surface area contributed by atoms with Crippen LogP contribution in [0.5, 0.6) is 0 Å². The van der Waals surface area contributed by atoms with E-state index < -0.39 is 38.6 Å². The zero-order valence-electron chi connectivity index (χ0n) is 41.8. The van der Waals surface area contributed by atoms with Crippen molar-refractivity contribution in [1.82, 2.24) is 0 Å². The first-order valence-electron chi connectivity index (χ1n) is 25.4. The molecule has 0 heterocycles. The van der Waals surface area contributed by atoms with Gasteiger partial charge in [-0.05, 0) is 70.6 Å². The van der Waals surface area contributed by atoms with Gasteiger partial charge in [0, 0.05) is 12.8 Å². The minimum atomic E-state index is -4.44. The Morgan fingerprint density at radius 3 is 1.58 bits per heavy atom. The van der Waals surface area contributed by atoms with Crippen molar-refractivity contribution in [3.8, 4) is 0 Å². The number of carbonyl (C=O) groups is 2. The van der Waals surface area contributed by atoms with Gasteiger partial charge in [-0.2, -0.15) is 0 Å². The summed E-state index contributed by atoms with van der Waals surface area (Å²) in [6.07, 6.45) is 55.4. The van der Waals surface area contributed by atoms with Crippen LogP contribution in [0.1, 0.15) is 187 Å². The number of allylic oxidation sites excluding steroid dienone is 13. The number of nitrogens with zero attached hydrogens (tertiary/aromatic N) is 1. The topological polar surface area (TPSA) is 129 Å². The van der Waals surface area contributed by atoms with Crippen molar-refractivity contribution in [3.63, 3.8) is 0 Å². The van der Waals surface area contributed by atoms with E-state index in [0.717, 1.165) is 51.4 Å². The molecule has 0 aliphatic carbocycles. The first-order valence-corrected chi connectivity index (χ1v) is 26.9. The summed E-state index contributed by atoms with van der Waals surface area (Å²) in [7, 11) is 1.35. The highest BCUT2D eigenvalue weighted by atomic mass is 31.2. The quantitative estimate of drug-likeness (QED) is 0.0153. The van der Waals surface area contributed by atoms with Crippen LogP contribution in [0.2, 0.25) is 0 Å². The number of carbonyl (C=O) groups excluding carboxylic acids is 2. The Labute approximate surface area is 397 Å². The molecule has 0 aliphatic rings. The maximum Gasteiger partial charge on any atom is 0.472 e. The summed E-state index contributed by atoms with van der Waals surface area (Å²) in [4.78, 5) is 35.6. The van der Waals surface area contributed by atoms with E-state index in [2.05, 4.69) is 74.6 Å². The van der Waals surface area contributed by atoms with Crippen LogP contribution in [0, 0.1) is 0 Å². The standard InChI is InChI=1S/C54H94NO9P/c1-6-8-10-12-14-16-18-20-22-24-25-26-27-28-30-32-34-36-38-40-42-44-54(58)64-52(50-63-65(59,60)62-48-47-55(3,4)5)49-61-53(57)46-45-51(56)43-41-39-37-35-33-31-29-23-21-19-17-15-13-11-9-7-2/h9,11,15,17,20-23,31,33,37,39,41,43,51-52,56H,6-8,10,12-14,16,18-19,24-30,32,34-36,38,40,42,44-50H2,1-5H3/p+1/b11-9-,17-15-,22-20-,23-21-,33-31-,39-37-,43-41-/t51?,52-/m1/s1. The van der Waals surface area contributed by atoms with Gasteiger partial charge in [-0.15, -0.1) is 0 Å². The number of phosphoric ester groups is 1. The summed E-state index contributed by atoms with van der Waals surface area (Å²) in [6, 6.07) is 0. The number of likely N-dealkylation sites (N-methyl/N-ethyl adjacent to an activating group) is 1. The molecule has 0 saturated carbocycles. The SMILES string of the molecule is CC/C=C\C/C=C\C/C=C\C/C=C\C/C=C\C=C/C(O)CCC(=O)OC[C@H](COP(=O)(O)OCC[N+](C)(C)C)OC(=O)CCCCCCCCCCCCC/C=C\CCCCCCCC. The molecule has 0 rings (SSSR count). The Balaban J connectivity index is 4.47. The van der Waals surface area contributed by atoms with E-state index in [1.807, 2.05) is 33.3 Å². The van der Waals surface area contributed by atoms with Gasteiger partial charge in [0.1, 0.15) is 19.8 Å². The predicted molar refractivity (Wildman–Crippen MR) is 271 cm³/mol. The minimum Gasteiger partial charge on any atom is -0.462 e. The van der Waals surface area contributed by atoms with Crippen LogP contribution in [-0.4, -0.2) is 86.1 Å². The van der Waals surface area contributed by atoms with Gasteiger partial charge in [-0.25, -0.2) is 4.57 Å². The second-order valence-corrected chi connectivity index (χ2v) is 19.5. The summed E-state index contributed by atoms with van der Waals surface area (Å²) in [5.41, 5.74) is 0. The van der Waals surface area contributed by atoms with Crippen molar-refractivity contribution >= 4 is 19.8 Å². The van der Waals surface area contributed by atoms with Crippen molar-refractivity contribution in [1.29, 1.82) is 0 Å². The summed E-state index contributed by atoms with van der Waals surface area (Å²) < 4.78 is 34.2. The normalized spacial score (nSPS) is 14.6. The first kappa shape index (κ1) is 62.1. The molecule has 10 nitrogen and oxygen atoms in total. The molecule has 2 unspecified atom stereocenters. The van der Waals surface area contributed by atoms with Gasteiger partial charge in [-0.3, -0.25) is 18.6 Å². The van der Waals surface area contributed by atoms with Crippen LogP contribution >= 0.6 is 7.82 Å². The summed E-state index contributed by atoms with van der Waals surface area (Å²) in [5.74, 6) is -1.08. The number of quaternary nitrogens is 1. The lowest BCUT2D eigenvalue weighted by atomic mass is 10.0. The van der Waals surface area contributed by atoms with Crippen LogP contribution in [0.4, 0.5) is 0 Å². The van der Waals surface area contributed by atoms with Gasteiger partial charge in [0.2, 0.25) is 0 Å². The number of esters is 2. The van der Waals surface area contributed by atoms with Crippen LogP contribution in [0.25, 0.3) is 0 Å². The molecule has 0 saturated heterocycles. The molecule has 0 aliphatic heterocycles. The van der Waals surface area contributed by atoms with E-state index in [9.17, 15) is 24.2 Å². The number of aliphatic hydroxyl groups is 1. The molecular formula is C54H95NO9P+. The Morgan fingerprint density at radius 2 is 1.06 bits per heavy atom. The zero-order chi connectivity index (χ0) is 48.0. The fourth-order valence-corrected chi connectivity index (χ4v) is 7.27. The average Bonchev–Trinajstić information content (AvgIpc) is 3.26. The summed E-state index contributed by atoms with van der Waals surface area (Å²) in [6.45, 7) is 4.03. The van der Waals surface area contributed by atoms with E-state index >= 15 is 0 Å². The minimum absolute atomic E-state index is 0.00788. The summed E-state index contributed by atoms with van der Waals surface area (Å²) in [5, 5.41) is 10.3. The molecule has 0 aromatic rings. The van der Waals surface area contributed by atoms with Crippen LogP contribution in [0.3, 0.4) is 0 Å². The zero-order valence-corrected chi connectivity index (χ0v) is 42.7. The summed E-state index contributed by atoms with van der Waals surface area (Å²) >= 11 is 0. The van der Waals surface area contributed by atoms with Gasteiger partial charge < -0.3 is 24.0 Å². The van der Waals surface area contributed by atoms with Crippen molar-refractivity contribution < 1.29 is 47.2 Å². The number of aliphatic hydroxyl groups excluding tert-OH is 1.